The second-order valence-corrected chi connectivity index (χ2v) is 8.80. The zero-order valence-electron chi connectivity index (χ0n) is 18.0. The highest BCUT2D eigenvalue weighted by Gasteiger charge is 2.40. The van der Waals surface area contributed by atoms with Gasteiger partial charge in [-0.15, -0.1) is 0 Å². The van der Waals surface area contributed by atoms with Crippen LogP contribution in [0.25, 0.3) is 22.7 Å². The smallest absolute Gasteiger partial charge is 0.270 e. The first-order chi connectivity index (χ1) is 15.9. The van der Waals surface area contributed by atoms with Gasteiger partial charge in [0.1, 0.15) is 23.5 Å². The number of carbonyl (C=O) groups excluding carboxylic acids is 2. The van der Waals surface area contributed by atoms with Gasteiger partial charge in [0.05, 0.1) is 18.0 Å². The molecule has 2 aliphatic rings. The number of hydrogen-bond donors (Lipinski definition) is 3. The summed E-state index contributed by atoms with van der Waals surface area (Å²) in [5.41, 5.74) is 3.84. The molecule has 4 aromatic rings. The van der Waals surface area contributed by atoms with Crippen LogP contribution in [0.5, 0.6) is 0 Å². The number of imidazole rings is 1. The number of fused-ring (bicyclic) bond motifs is 2. The van der Waals surface area contributed by atoms with Crippen LogP contribution in [-0.2, 0) is 16.6 Å². The monoisotopic (exact) mass is 444 g/mol. The maximum absolute atomic E-state index is 12.8. The third-order valence-corrected chi connectivity index (χ3v) is 6.27. The average molecular weight is 444 g/mol. The van der Waals surface area contributed by atoms with Crippen LogP contribution in [0.2, 0.25) is 0 Å². The van der Waals surface area contributed by atoms with E-state index < -0.39 is 11.9 Å². The van der Waals surface area contributed by atoms with Crippen molar-refractivity contribution in [3.05, 3.63) is 47.2 Å². The van der Waals surface area contributed by atoms with Gasteiger partial charge in [-0.2, -0.15) is 0 Å². The number of nitrogens with zero attached hydrogens (tertiary/aromatic N) is 5. The first-order valence-corrected chi connectivity index (χ1v) is 10.7. The van der Waals surface area contributed by atoms with E-state index in [-0.39, 0.29) is 23.4 Å². The maximum Gasteiger partial charge on any atom is 0.270 e. The molecule has 0 bridgehead atoms. The van der Waals surface area contributed by atoms with Gasteiger partial charge in [0, 0.05) is 22.7 Å². The lowest BCUT2D eigenvalue weighted by Gasteiger charge is -2.11. The molecule has 0 unspecified atom stereocenters. The molecule has 33 heavy (non-hydrogen) atoms. The van der Waals surface area contributed by atoms with Crippen LogP contribution in [-0.4, -0.2) is 41.9 Å². The summed E-state index contributed by atoms with van der Waals surface area (Å²) in [6, 6.07) is 5.26. The van der Waals surface area contributed by atoms with E-state index in [0.29, 0.717) is 34.3 Å². The summed E-state index contributed by atoms with van der Waals surface area (Å²) in [7, 11) is 0. The topological polar surface area (TPSA) is 152 Å². The predicted octanol–water partition coefficient (Wildman–Crippen LogP) is 2.44. The number of hydrogen-bond acceptors (Lipinski definition) is 8. The van der Waals surface area contributed by atoms with E-state index in [0.717, 1.165) is 24.1 Å². The molecule has 0 radical (unpaired) electrons. The molecule has 6 rings (SSSR count). The Bertz CT molecular complexity index is 1430. The molecular formula is C22H20N8O3. The summed E-state index contributed by atoms with van der Waals surface area (Å²) in [5.74, 6) is 0.725. The fourth-order valence-corrected chi connectivity index (χ4v) is 3.95. The zero-order valence-corrected chi connectivity index (χ0v) is 18.0. The number of aromatic nitrogens is 6. The van der Waals surface area contributed by atoms with Crippen molar-refractivity contribution in [2.45, 2.75) is 44.6 Å². The Morgan fingerprint density at radius 2 is 2.09 bits per heavy atom. The number of pyridine rings is 1. The van der Waals surface area contributed by atoms with Crippen LogP contribution < -0.4 is 10.6 Å². The third kappa shape index (κ3) is 3.32. The molecule has 0 spiro atoms. The fraction of sp³-hybridized carbons (Fsp3) is 0.318. The first-order valence-electron chi connectivity index (χ1n) is 10.7. The summed E-state index contributed by atoms with van der Waals surface area (Å²) >= 11 is 0. The van der Waals surface area contributed by atoms with Crippen molar-refractivity contribution in [2.24, 2.45) is 0 Å². The average Bonchev–Trinajstić information content (AvgIpc) is 3.19. The number of anilines is 1. The molecule has 11 heteroatoms. The second-order valence-electron chi connectivity index (χ2n) is 8.80. The van der Waals surface area contributed by atoms with Crippen LogP contribution in [0.4, 0.5) is 5.82 Å². The van der Waals surface area contributed by atoms with Crippen LogP contribution in [0, 0.1) is 0 Å². The van der Waals surface area contributed by atoms with Gasteiger partial charge in [0.25, 0.3) is 5.91 Å². The number of nitrogens with one attached hydrogen (secondary N) is 3. The van der Waals surface area contributed by atoms with E-state index in [9.17, 15) is 9.59 Å². The quantitative estimate of drug-likeness (QED) is 0.424. The Labute approximate surface area is 187 Å². The molecule has 1 fully saturated rings. The maximum atomic E-state index is 12.8. The van der Waals surface area contributed by atoms with E-state index in [1.54, 1.807) is 13.0 Å². The van der Waals surface area contributed by atoms with Crippen molar-refractivity contribution in [3.8, 4) is 11.5 Å². The Morgan fingerprint density at radius 3 is 2.91 bits per heavy atom. The number of aromatic amines is 1. The standard InChI is InChI=1S/C22H20N8O3/c1-10(25-21(32)17-11-7-16(31)28-18(11)24-9-23-17)14-8-13(30-33-14)20-26-12-3-4-15(22(2)5-6-22)27-19(12)29-20/h3-4,8-10H,5-7H2,1-2H3,(H,25,32)(H,26,27,29)(H,23,24,28,31)/t10-/m1/s1. The van der Waals surface area contributed by atoms with Crippen molar-refractivity contribution < 1.29 is 14.1 Å². The Kier molecular flexibility index (Phi) is 4.10. The fourth-order valence-electron chi connectivity index (χ4n) is 3.95. The molecular weight excluding hydrogens is 424 g/mol. The summed E-state index contributed by atoms with van der Waals surface area (Å²) in [6.07, 6.45) is 3.61. The highest BCUT2D eigenvalue weighted by molar-refractivity contribution is 6.03. The van der Waals surface area contributed by atoms with E-state index in [4.69, 9.17) is 9.51 Å². The molecule has 2 amide bonds. The molecule has 5 heterocycles. The van der Waals surface area contributed by atoms with E-state index in [1.165, 1.54) is 6.33 Å². The Balaban J connectivity index is 1.21. The third-order valence-electron chi connectivity index (χ3n) is 6.27. The number of carbonyl (C=O) groups is 2. The van der Waals surface area contributed by atoms with Crippen LogP contribution in [0.15, 0.2) is 29.0 Å². The largest absolute Gasteiger partial charge is 0.358 e. The lowest BCUT2D eigenvalue weighted by atomic mass is 10.1. The van der Waals surface area contributed by atoms with Crippen molar-refractivity contribution >= 4 is 28.8 Å². The minimum atomic E-state index is -0.488. The van der Waals surface area contributed by atoms with Crippen LogP contribution in [0.1, 0.15) is 60.2 Å². The Hall–Kier alpha value is -4.15. The SMILES string of the molecule is C[C@@H](NC(=O)c1ncnc2c1CC(=O)N2)c1cc(-c2nc3nc(C4(C)CC4)ccc3[nH]2)no1. The Morgan fingerprint density at radius 1 is 1.24 bits per heavy atom. The second kappa shape index (κ2) is 6.92. The van der Waals surface area contributed by atoms with Crippen LogP contribution >= 0.6 is 0 Å². The van der Waals surface area contributed by atoms with E-state index >= 15 is 0 Å². The number of H-pyrrole nitrogens is 1. The summed E-state index contributed by atoms with van der Waals surface area (Å²) in [5, 5.41) is 9.55. The van der Waals surface area contributed by atoms with Gasteiger partial charge in [-0.1, -0.05) is 12.1 Å². The summed E-state index contributed by atoms with van der Waals surface area (Å²) < 4.78 is 5.47. The minimum Gasteiger partial charge on any atom is -0.358 e. The molecule has 1 aliphatic carbocycles. The molecule has 3 N–H and O–H groups in total. The minimum absolute atomic E-state index is 0.0702. The van der Waals surface area contributed by atoms with Crippen molar-refractivity contribution in [1.29, 1.82) is 0 Å². The van der Waals surface area contributed by atoms with Gasteiger partial charge in [-0.3, -0.25) is 9.59 Å². The molecule has 0 saturated heterocycles. The zero-order chi connectivity index (χ0) is 22.7. The van der Waals surface area contributed by atoms with Gasteiger partial charge in [-0.05, 0) is 31.9 Å². The van der Waals surface area contributed by atoms with Crippen molar-refractivity contribution in [3.63, 3.8) is 0 Å². The van der Waals surface area contributed by atoms with Gasteiger partial charge in [-0.25, -0.2) is 19.9 Å². The predicted molar refractivity (Wildman–Crippen MR) is 116 cm³/mol. The van der Waals surface area contributed by atoms with Gasteiger partial charge in [0.2, 0.25) is 5.91 Å². The molecule has 166 valence electrons. The van der Waals surface area contributed by atoms with Gasteiger partial charge >= 0.3 is 0 Å². The highest BCUT2D eigenvalue weighted by atomic mass is 16.5. The molecule has 1 saturated carbocycles. The van der Waals surface area contributed by atoms with Crippen molar-refractivity contribution in [1.82, 2.24) is 35.4 Å². The lowest BCUT2D eigenvalue weighted by molar-refractivity contribution is -0.115. The summed E-state index contributed by atoms with van der Waals surface area (Å²) in [4.78, 5) is 45.0. The van der Waals surface area contributed by atoms with E-state index in [2.05, 4.69) is 42.6 Å². The molecule has 11 nitrogen and oxygen atoms in total. The number of rotatable bonds is 5. The highest BCUT2D eigenvalue weighted by Crippen LogP contribution is 2.46. The van der Waals surface area contributed by atoms with Gasteiger partial charge < -0.3 is 20.1 Å². The normalized spacial score (nSPS) is 17.0. The molecule has 0 aromatic carbocycles. The van der Waals surface area contributed by atoms with Gasteiger partial charge in [0.15, 0.2) is 17.2 Å². The van der Waals surface area contributed by atoms with Crippen molar-refractivity contribution in [2.75, 3.05) is 5.32 Å². The number of amides is 2. The lowest BCUT2D eigenvalue weighted by Crippen LogP contribution is -2.28. The summed E-state index contributed by atoms with van der Waals surface area (Å²) in [6.45, 7) is 3.98. The molecule has 1 aliphatic heterocycles. The first kappa shape index (κ1) is 19.5. The van der Waals surface area contributed by atoms with E-state index in [1.807, 2.05) is 12.1 Å². The van der Waals surface area contributed by atoms with Crippen LogP contribution in [0.3, 0.4) is 0 Å². The molecule has 1 atom stereocenters. The molecule has 4 aromatic heterocycles.